The van der Waals surface area contributed by atoms with Crippen LogP contribution in [0.5, 0.6) is 5.75 Å². The lowest BCUT2D eigenvalue weighted by atomic mass is 9.98. The summed E-state index contributed by atoms with van der Waals surface area (Å²) >= 11 is 0. The van der Waals surface area contributed by atoms with Gasteiger partial charge in [-0.05, 0) is 44.2 Å². The van der Waals surface area contributed by atoms with Gasteiger partial charge < -0.3 is 14.6 Å². The molecule has 0 atom stereocenters. The summed E-state index contributed by atoms with van der Waals surface area (Å²) < 4.78 is 5.86. The number of carbonyl (C=O) groups excluding carboxylic acids is 1. The van der Waals surface area contributed by atoms with Gasteiger partial charge >= 0.3 is 5.69 Å². The molecule has 1 aromatic carbocycles. The van der Waals surface area contributed by atoms with E-state index in [4.69, 9.17) is 4.74 Å². The number of carbonyl (C=O) groups is 1. The number of nitro benzene ring substituents is 1. The molecular weight excluding hydrogens is 262 g/mol. The SMILES string of the molecule is CCC1(Oc2cc(C(=O)[O-])ccc2[N+](=O)[O-])CCCC1. The molecule has 0 amide bonds. The van der Waals surface area contributed by atoms with Crippen molar-refractivity contribution in [3.63, 3.8) is 0 Å². The molecule has 2 rings (SSSR count). The second-order valence-electron chi connectivity index (χ2n) is 5.07. The van der Waals surface area contributed by atoms with Gasteiger partial charge in [-0.25, -0.2) is 0 Å². The Bertz CT molecular complexity index is 534. The van der Waals surface area contributed by atoms with Gasteiger partial charge in [0.15, 0.2) is 5.75 Å². The molecule has 0 aromatic heterocycles. The van der Waals surface area contributed by atoms with E-state index in [1.54, 1.807) is 0 Å². The van der Waals surface area contributed by atoms with E-state index in [9.17, 15) is 20.0 Å². The monoisotopic (exact) mass is 278 g/mol. The van der Waals surface area contributed by atoms with Gasteiger partial charge in [0.2, 0.25) is 0 Å². The molecule has 0 radical (unpaired) electrons. The smallest absolute Gasteiger partial charge is 0.310 e. The number of carboxylic acids is 1. The fraction of sp³-hybridized carbons (Fsp3) is 0.500. The molecule has 1 aliphatic carbocycles. The van der Waals surface area contributed by atoms with E-state index < -0.39 is 16.5 Å². The summed E-state index contributed by atoms with van der Waals surface area (Å²) in [6.45, 7) is 1.97. The molecule has 1 saturated carbocycles. The molecule has 0 aliphatic heterocycles. The Morgan fingerprint density at radius 1 is 1.40 bits per heavy atom. The van der Waals surface area contributed by atoms with Crippen LogP contribution in [0.1, 0.15) is 49.4 Å². The zero-order valence-corrected chi connectivity index (χ0v) is 11.3. The molecule has 0 spiro atoms. The quantitative estimate of drug-likeness (QED) is 0.607. The van der Waals surface area contributed by atoms with Crippen LogP contribution in [-0.4, -0.2) is 16.5 Å². The van der Waals surface area contributed by atoms with Crippen LogP contribution in [0.2, 0.25) is 0 Å². The van der Waals surface area contributed by atoms with Crippen LogP contribution in [0.3, 0.4) is 0 Å². The Labute approximate surface area is 116 Å². The summed E-state index contributed by atoms with van der Waals surface area (Å²) in [4.78, 5) is 21.4. The Kier molecular flexibility index (Phi) is 3.92. The second-order valence-corrected chi connectivity index (χ2v) is 5.07. The van der Waals surface area contributed by atoms with Crippen LogP contribution in [0.15, 0.2) is 18.2 Å². The molecule has 1 fully saturated rings. The molecule has 0 heterocycles. The predicted molar refractivity (Wildman–Crippen MR) is 69.5 cm³/mol. The number of carboxylic acid groups (broad SMARTS) is 1. The summed E-state index contributed by atoms with van der Waals surface area (Å²) in [5.41, 5.74) is -0.750. The average molecular weight is 278 g/mol. The third-order valence-corrected chi connectivity index (χ3v) is 3.88. The highest BCUT2D eigenvalue weighted by Crippen LogP contribution is 2.40. The van der Waals surface area contributed by atoms with Gasteiger partial charge in [-0.3, -0.25) is 10.1 Å². The third-order valence-electron chi connectivity index (χ3n) is 3.88. The van der Waals surface area contributed by atoms with Crippen molar-refractivity contribution < 1.29 is 19.6 Å². The summed E-state index contributed by atoms with van der Waals surface area (Å²) in [5, 5.41) is 21.9. The van der Waals surface area contributed by atoms with Gasteiger partial charge in [-0.15, -0.1) is 0 Å². The maximum atomic E-state index is 11.0. The van der Waals surface area contributed by atoms with Gasteiger partial charge in [0, 0.05) is 11.6 Å². The molecular formula is C14H16NO5-. The molecule has 6 heteroatoms. The van der Waals surface area contributed by atoms with E-state index in [1.807, 2.05) is 6.92 Å². The first-order chi connectivity index (χ1) is 9.47. The van der Waals surface area contributed by atoms with E-state index >= 15 is 0 Å². The lowest BCUT2D eigenvalue weighted by Crippen LogP contribution is -2.32. The number of rotatable bonds is 5. The summed E-state index contributed by atoms with van der Waals surface area (Å²) in [7, 11) is 0. The Balaban J connectivity index is 2.39. The van der Waals surface area contributed by atoms with Gasteiger partial charge in [-0.2, -0.15) is 0 Å². The first-order valence-electron chi connectivity index (χ1n) is 6.66. The van der Waals surface area contributed by atoms with E-state index in [2.05, 4.69) is 0 Å². The normalized spacial score (nSPS) is 16.9. The van der Waals surface area contributed by atoms with Crippen molar-refractivity contribution in [1.82, 2.24) is 0 Å². The number of hydrogen-bond donors (Lipinski definition) is 0. The Morgan fingerprint density at radius 3 is 2.55 bits per heavy atom. The number of nitro groups is 1. The van der Waals surface area contributed by atoms with Gasteiger partial charge in [0.1, 0.15) is 5.60 Å². The minimum Gasteiger partial charge on any atom is -0.545 e. The minimum absolute atomic E-state index is 0.0143. The van der Waals surface area contributed by atoms with Crippen molar-refractivity contribution in [3.05, 3.63) is 33.9 Å². The van der Waals surface area contributed by atoms with E-state index in [-0.39, 0.29) is 17.0 Å². The fourth-order valence-electron chi connectivity index (χ4n) is 2.65. The lowest BCUT2D eigenvalue weighted by Gasteiger charge is -2.29. The van der Waals surface area contributed by atoms with E-state index in [0.29, 0.717) is 0 Å². The Morgan fingerprint density at radius 2 is 2.05 bits per heavy atom. The van der Waals surface area contributed by atoms with Crippen molar-refractivity contribution >= 4 is 11.7 Å². The van der Waals surface area contributed by atoms with Crippen molar-refractivity contribution in [2.75, 3.05) is 0 Å². The molecule has 6 nitrogen and oxygen atoms in total. The molecule has 1 aromatic rings. The van der Waals surface area contributed by atoms with Crippen molar-refractivity contribution in [2.24, 2.45) is 0 Å². The fourth-order valence-corrected chi connectivity index (χ4v) is 2.65. The highest BCUT2D eigenvalue weighted by molar-refractivity contribution is 5.87. The van der Waals surface area contributed by atoms with Crippen LogP contribution in [0, 0.1) is 10.1 Å². The van der Waals surface area contributed by atoms with Crippen LogP contribution in [-0.2, 0) is 0 Å². The highest BCUT2D eigenvalue weighted by Gasteiger charge is 2.36. The molecule has 0 N–H and O–H groups in total. The van der Waals surface area contributed by atoms with Gasteiger partial charge in [0.25, 0.3) is 0 Å². The first kappa shape index (κ1) is 14.3. The number of nitrogens with zero attached hydrogens (tertiary/aromatic N) is 1. The van der Waals surface area contributed by atoms with Crippen molar-refractivity contribution in [1.29, 1.82) is 0 Å². The van der Waals surface area contributed by atoms with Crippen LogP contribution < -0.4 is 9.84 Å². The molecule has 20 heavy (non-hydrogen) atoms. The third kappa shape index (κ3) is 2.74. The average Bonchev–Trinajstić information content (AvgIpc) is 2.87. The molecule has 0 unspecified atom stereocenters. The van der Waals surface area contributed by atoms with Crippen LogP contribution >= 0.6 is 0 Å². The predicted octanol–water partition coefficient (Wildman–Crippen LogP) is 2.06. The van der Waals surface area contributed by atoms with Crippen molar-refractivity contribution in [3.8, 4) is 5.75 Å². The standard InChI is InChI=1S/C14H17NO5/c1-2-14(7-3-4-8-14)20-12-9-10(13(16)17)5-6-11(12)15(18)19/h5-6,9H,2-4,7-8H2,1H3,(H,16,17)/p-1. The molecule has 0 saturated heterocycles. The van der Waals surface area contributed by atoms with Gasteiger partial charge in [-0.1, -0.05) is 6.92 Å². The van der Waals surface area contributed by atoms with Crippen molar-refractivity contribution in [2.45, 2.75) is 44.6 Å². The number of aromatic carboxylic acids is 1. The number of benzene rings is 1. The van der Waals surface area contributed by atoms with E-state index in [0.717, 1.165) is 44.2 Å². The number of ether oxygens (including phenoxy) is 1. The molecule has 108 valence electrons. The largest absolute Gasteiger partial charge is 0.545 e. The number of hydrogen-bond acceptors (Lipinski definition) is 5. The van der Waals surface area contributed by atoms with Gasteiger partial charge in [0.05, 0.1) is 10.9 Å². The lowest BCUT2D eigenvalue weighted by molar-refractivity contribution is -0.386. The van der Waals surface area contributed by atoms with Crippen LogP contribution in [0.4, 0.5) is 5.69 Å². The highest BCUT2D eigenvalue weighted by atomic mass is 16.6. The topological polar surface area (TPSA) is 92.5 Å². The zero-order valence-electron chi connectivity index (χ0n) is 11.3. The van der Waals surface area contributed by atoms with E-state index in [1.165, 1.54) is 6.07 Å². The summed E-state index contributed by atoms with van der Waals surface area (Å²) in [6, 6.07) is 3.50. The maximum absolute atomic E-state index is 11.0. The summed E-state index contributed by atoms with van der Waals surface area (Å²) in [5.74, 6) is -1.36. The molecule has 1 aliphatic rings. The first-order valence-corrected chi connectivity index (χ1v) is 6.66. The summed E-state index contributed by atoms with van der Waals surface area (Å²) in [6.07, 6.45) is 4.43. The Hall–Kier alpha value is -2.11. The van der Waals surface area contributed by atoms with Crippen LogP contribution in [0.25, 0.3) is 0 Å². The minimum atomic E-state index is -1.37. The maximum Gasteiger partial charge on any atom is 0.310 e. The second kappa shape index (κ2) is 5.48. The zero-order chi connectivity index (χ0) is 14.8. The molecule has 0 bridgehead atoms.